The summed E-state index contributed by atoms with van der Waals surface area (Å²) >= 11 is 5.84. The van der Waals surface area contributed by atoms with Crippen molar-refractivity contribution in [2.75, 3.05) is 5.88 Å². The molecule has 0 N–H and O–H groups in total. The second-order valence-corrected chi connectivity index (χ2v) is 5.71. The largest absolute Gasteiger partial charge is 0.325 e. The Bertz CT molecular complexity index is 573. The van der Waals surface area contributed by atoms with Gasteiger partial charge in [-0.3, -0.25) is 0 Å². The molecule has 0 aliphatic heterocycles. The van der Waals surface area contributed by atoms with E-state index in [1.165, 1.54) is 31.7 Å². The van der Waals surface area contributed by atoms with Gasteiger partial charge in [-0.25, -0.2) is 9.37 Å². The highest BCUT2D eigenvalue weighted by atomic mass is 35.5. The van der Waals surface area contributed by atoms with Crippen LogP contribution in [0, 0.1) is 11.7 Å². The summed E-state index contributed by atoms with van der Waals surface area (Å²) in [4.78, 5) is 4.54. The average Bonchev–Trinajstić information content (AvgIpc) is 3.00. The fourth-order valence-corrected chi connectivity index (χ4v) is 3.28. The highest BCUT2D eigenvalue weighted by Crippen LogP contribution is 2.29. The minimum Gasteiger partial charge on any atom is -0.325 e. The number of benzene rings is 1. The normalized spacial score (nSPS) is 16.5. The zero-order valence-corrected chi connectivity index (χ0v) is 11.7. The van der Waals surface area contributed by atoms with Crippen LogP contribution >= 0.6 is 11.6 Å². The number of alkyl halides is 1. The summed E-state index contributed by atoms with van der Waals surface area (Å²) in [5.41, 5.74) is 1.40. The summed E-state index contributed by atoms with van der Waals surface area (Å²) in [6.07, 6.45) is 5.78. The Morgan fingerprint density at radius 3 is 2.84 bits per heavy atom. The third kappa shape index (κ3) is 2.48. The molecule has 0 bridgehead atoms. The van der Waals surface area contributed by atoms with Crippen LogP contribution in [-0.4, -0.2) is 15.4 Å². The summed E-state index contributed by atoms with van der Waals surface area (Å²) in [6, 6.07) is 5.11. The average molecular weight is 281 g/mol. The van der Waals surface area contributed by atoms with Crippen LogP contribution in [0.4, 0.5) is 4.39 Å². The second-order valence-electron chi connectivity index (χ2n) is 5.34. The number of hydrogen-bond donors (Lipinski definition) is 0. The van der Waals surface area contributed by atoms with Crippen molar-refractivity contribution in [2.24, 2.45) is 5.92 Å². The molecule has 2 nitrogen and oxygen atoms in total. The topological polar surface area (TPSA) is 17.8 Å². The van der Waals surface area contributed by atoms with E-state index in [4.69, 9.17) is 11.6 Å². The van der Waals surface area contributed by atoms with E-state index in [1.54, 1.807) is 6.07 Å². The van der Waals surface area contributed by atoms with Crippen LogP contribution in [0.25, 0.3) is 11.0 Å². The molecule has 3 rings (SSSR count). The maximum Gasteiger partial charge on any atom is 0.149 e. The molecule has 0 amide bonds. The van der Waals surface area contributed by atoms with E-state index < -0.39 is 0 Å². The van der Waals surface area contributed by atoms with Crippen molar-refractivity contribution in [1.29, 1.82) is 0 Å². The van der Waals surface area contributed by atoms with Gasteiger partial charge in [-0.1, -0.05) is 18.9 Å². The first-order valence-corrected chi connectivity index (χ1v) is 7.52. The lowest BCUT2D eigenvalue weighted by molar-refractivity contribution is 0.452. The van der Waals surface area contributed by atoms with Gasteiger partial charge in [-0.2, -0.15) is 0 Å². The van der Waals surface area contributed by atoms with Crippen LogP contribution in [0.2, 0.25) is 0 Å². The first kappa shape index (κ1) is 12.9. The smallest absolute Gasteiger partial charge is 0.149 e. The van der Waals surface area contributed by atoms with E-state index in [2.05, 4.69) is 9.55 Å². The SMILES string of the molecule is Fc1cccc2nc(CCCl)n(CC3CCCC3)c12. The zero-order valence-electron chi connectivity index (χ0n) is 10.9. The number of rotatable bonds is 4. The molecule has 0 atom stereocenters. The number of hydrogen-bond acceptors (Lipinski definition) is 1. The quantitative estimate of drug-likeness (QED) is 0.770. The third-order valence-electron chi connectivity index (χ3n) is 4.03. The van der Waals surface area contributed by atoms with Crippen LogP contribution < -0.4 is 0 Å². The minimum absolute atomic E-state index is 0.177. The molecule has 1 aromatic carbocycles. The van der Waals surface area contributed by atoms with Gasteiger partial charge in [0.05, 0.1) is 5.52 Å². The van der Waals surface area contributed by atoms with E-state index in [0.717, 1.165) is 17.9 Å². The molecule has 1 saturated carbocycles. The molecular formula is C15H18ClFN2. The van der Waals surface area contributed by atoms with Crippen molar-refractivity contribution in [3.05, 3.63) is 29.8 Å². The van der Waals surface area contributed by atoms with Crippen LogP contribution in [0.3, 0.4) is 0 Å². The van der Waals surface area contributed by atoms with Gasteiger partial charge in [-0.05, 0) is 30.9 Å². The Balaban J connectivity index is 2.04. The predicted octanol–water partition coefficient (Wildman–Crippen LogP) is 4.15. The molecule has 4 heteroatoms. The molecule has 1 fully saturated rings. The molecule has 1 aliphatic carbocycles. The lowest BCUT2D eigenvalue weighted by Crippen LogP contribution is -2.11. The predicted molar refractivity (Wildman–Crippen MR) is 76.1 cm³/mol. The molecule has 1 aliphatic rings. The van der Waals surface area contributed by atoms with Crippen molar-refractivity contribution in [3.63, 3.8) is 0 Å². The Morgan fingerprint density at radius 1 is 1.32 bits per heavy atom. The molecule has 0 unspecified atom stereocenters. The van der Waals surface area contributed by atoms with E-state index in [0.29, 0.717) is 23.7 Å². The van der Waals surface area contributed by atoms with Gasteiger partial charge in [0.25, 0.3) is 0 Å². The van der Waals surface area contributed by atoms with Crippen molar-refractivity contribution in [1.82, 2.24) is 9.55 Å². The monoisotopic (exact) mass is 280 g/mol. The molecular weight excluding hydrogens is 263 g/mol. The van der Waals surface area contributed by atoms with Crippen LogP contribution in [0.1, 0.15) is 31.5 Å². The van der Waals surface area contributed by atoms with E-state index in [1.807, 2.05) is 6.07 Å². The maximum atomic E-state index is 14.1. The van der Waals surface area contributed by atoms with Crippen LogP contribution in [0.5, 0.6) is 0 Å². The number of imidazole rings is 1. The van der Waals surface area contributed by atoms with Crippen molar-refractivity contribution in [2.45, 2.75) is 38.6 Å². The van der Waals surface area contributed by atoms with E-state index >= 15 is 0 Å². The number of fused-ring (bicyclic) bond motifs is 1. The number of aromatic nitrogens is 2. The van der Waals surface area contributed by atoms with Crippen molar-refractivity contribution in [3.8, 4) is 0 Å². The zero-order chi connectivity index (χ0) is 13.2. The number of para-hydroxylation sites is 1. The van der Waals surface area contributed by atoms with Gasteiger partial charge < -0.3 is 4.57 Å². The van der Waals surface area contributed by atoms with Crippen LogP contribution in [-0.2, 0) is 13.0 Å². The lowest BCUT2D eigenvalue weighted by atomic mass is 10.1. The molecule has 2 aromatic rings. The molecule has 0 spiro atoms. The van der Waals surface area contributed by atoms with Gasteiger partial charge in [-0.15, -0.1) is 11.6 Å². The molecule has 19 heavy (non-hydrogen) atoms. The number of halogens is 2. The summed E-state index contributed by atoms with van der Waals surface area (Å²) in [7, 11) is 0. The fourth-order valence-electron chi connectivity index (χ4n) is 3.11. The third-order valence-corrected chi connectivity index (χ3v) is 4.22. The summed E-state index contributed by atoms with van der Waals surface area (Å²) < 4.78 is 16.1. The van der Waals surface area contributed by atoms with Crippen molar-refractivity contribution >= 4 is 22.6 Å². The maximum absolute atomic E-state index is 14.1. The fraction of sp³-hybridized carbons (Fsp3) is 0.533. The molecule has 1 heterocycles. The Kier molecular flexibility index (Phi) is 3.74. The van der Waals surface area contributed by atoms with Crippen molar-refractivity contribution < 1.29 is 4.39 Å². The number of aryl methyl sites for hydroxylation is 1. The first-order valence-electron chi connectivity index (χ1n) is 6.99. The molecule has 0 radical (unpaired) electrons. The Morgan fingerprint density at radius 2 is 2.11 bits per heavy atom. The first-order chi connectivity index (χ1) is 9.29. The van der Waals surface area contributed by atoms with Crippen LogP contribution in [0.15, 0.2) is 18.2 Å². The standard InChI is InChI=1S/C15H18ClFN2/c16-9-8-14-18-13-7-3-6-12(17)15(13)19(14)10-11-4-1-2-5-11/h3,6-7,11H,1-2,4-5,8-10H2. The van der Waals surface area contributed by atoms with Gasteiger partial charge >= 0.3 is 0 Å². The van der Waals surface area contributed by atoms with Gasteiger partial charge in [0, 0.05) is 18.8 Å². The highest BCUT2D eigenvalue weighted by molar-refractivity contribution is 6.17. The minimum atomic E-state index is -0.177. The summed E-state index contributed by atoms with van der Waals surface area (Å²) in [5.74, 6) is 1.92. The summed E-state index contributed by atoms with van der Waals surface area (Å²) in [6.45, 7) is 0.879. The molecule has 1 aromatic heterocycles. The Labute approximate surface area is 117 Å². The van der Waals surface area contributed by atoms with E-state index in [-0.39, 0.29) is 5.82 Å². The molecule has 0 saturated heterocycles. The Hall–Kier alpha value is -1.09. The van der Waals surface area contributed by atoms with Gasteiger partial charge in [0.15, 0.2) is 0 Å². The number of nitrogens with zero attached hydrogens (tertiary/aromatic N) is 2. The van der Waals surface area contributed by atoms with E-state index in [9.17, 15) is 4.39 Å². The highest BCUT2D eigenvalue weighted by Gasteiger charge is 2.20. The van der Waals surface area contributed by atoms with Gasteiger partial charge in [0.2, 0.25) is 0 Å². The second kappa shape index (κ2) is 5.49. The summed E-state index contributed by atoms with van der Waals surface area (Å²) in [5, 5.41) is 0. The molecule has 102 valence electrons. The van der Waals surface area contributed by atoms with Gasteiger partial charge in [0.1, 0.15) is 17.2 Å². The lowest BCUT2D eigenvalue weighted by Gasteiger charge is -2.14.